The average molecular weight is 488 g/mol. The maximum atomic E-state index is 15.2. The summed E-state index contributed by atoms with van der Waals surface area (Å²) in [4.78, 5) is 8.09. The molecule has 0 amide bonds. The second-order valence-electron chi connectivity index (χ2n) is 8.13. The molecule has 0 unspecified atom stereocenters. The number of fused-ring (bicyclic) bond motifs is 1. The number of aromatic nitrogens is 1. The van der Waals surface area contributed by atoms with E-state index in [2.05, 4.69) is 11.2 Å². The molecule has 35 heavy (non-hydrogen) atoms. The van der Waals surface area contributed by atoms with Gasteiger partial charge in [-0.1, -0.05) is 0 Å². The third-order valence-corrected chi connectivity index (χ3v) is 6.08. The minimum atomic E-state index is -1.75. The zero-order valence-corrected chi connectivity index (χ0v) is 18.0. The van der Waals surface area contributed by atoms with Crippen molar-refractivity contribution in [3.63, 3.8) is 0 Å². The Morgan fingerprint density at radius 1 is 1.03 bits per heavy atom. The highest BCUT2D eigenvalue weighted by Gasteiger charge is 2.36. The predicted octanol–water partition coefficient (Wildman–Crippen LogP) is 4.67. The number of benzene rings is 2. The van der Waals surface area contributed by atoms with Crippen molar-refractivity contribution >= 4 is 17.3 Å². The van der Waals surface area contributed by atoms with Gasteiger partial charge < -0.3 is 24.4 Å². The Morgan fingerprint density at radius 2 is 1.77 bits per heavy atom. The van der Waals surface area contributed by atoms with E-state index in [1.165, 1.54) is 17.0 Å². The molecular formula is C23H17F5N6O. The normalized spacial score (nSPS) is 17.5. The number of nitrogens with one attached hydrogen (secondary N) is 2. The number of nitriles is 1. The molecule has 0 aliphatic carbocycles. The van der Waals surface area contributed by atoms with Gasteiger partial charge in [0.15, 0.2) is 23.6 Å². The molecule has 2 N–H and O–H groups in total. The van der Waals surface area contributed by atoms with Crippen molar-refractivity contribution in [1.29, 1.82) is 10.7 Å². The molecule has 1 saturated heterocycles. The minimum Gasteiger partial charge on any atom is -0.451 e. The Kier molecular flexibility index (Phi) is 5.47. The summed E-state index contributed by atoms with van der Waals surface area (Å²) in [6.07, 6.45) is 4.48. The van der Waals surface area contributed by atoms with Gasteiger partial charge in [0, 0.05) is 31.4 Å². The molecule has 12 heteroatoms. The molecule has 2 aliphatic rings. The molecule has 180 valence electrons. The number of ether oxygens (including phenoxy) is 1. The first kappa shape index (κ1) is 22.5. The van der Waals surface area contributed by atoms with Crippen LogP contribution in [-0.2, 0) is 0 Å². The first-order chi connectivity index (χ1) is 16.8. The molecule has 1 fully saturated rings. The third kappa shape index (κ3) is 3.78. The summed E-state index contributed by atoms with van der Waals surface area (Å²) in [7, 11) is 0. The van der Waals surface area contributed by atoms with Crippen molar-refractivity contribution in [2.75, 3.05) is 29.6 Å². The molecular weight excluding hydrogens is 471 g/mol. The molecule has 2 aromatic carbocycles. The van der Waals surface area contributed by atoms with Crippen molar-refractivity contribution in [1.82, 2.24) is 9.88 Å². The Labute approximate surface area is 196 Å². The van der Waals surface area contributed by atoms with Crippen LogP contribution in [-0.4, -0.2) is 41.5 Å². The van der Waals surface area contributed by atoms with Gasteiger partial charge in [-0.05, 0) is 24.6 Å². The smallest absolute Gasteiger partial charge is 0.204 e. The number of hydrogen-bond acceptors (Lipinski definition) is 5. The van der Waals surface area contributed by atoms with Crippen LogP contribution in [0.1, 0.15) is 12.0 Å². The van der Waals surface area contributed by atoms with Gasteiger partial charge in [-0.25, -0.2) is 13.2 Å². The topological polar surface area (TPSA) is 82.4 Å². The van der Waals surface area contributed by atoms with E-state index in [1.54, 1.807) is 17.2 Å². The van der Waals surface area contributed by atoms with E-state index in [4.69, 9.17) is 10.1 Å². The van der Waals surface area contributed by atoms with Crippen molar-refractivity contribution in [3.05, 3.63) is 71.2 Å². The molecule has 0 radical (unpaired) electrons. The van der Waals surface area contributed by atoms with Crippen molar-refractivity contribution in [2.45, 2.75) is 12.5 Å². The van der Waals surface area contributed by atoms with Crippen molar-refractivity contribution < 1.29 is 26.7 Å². The summed E-state index contributed by atoms with van der Waals surface area (Å²) in [5, 5.41) is 17.8. The van der Waals surface area contributed by atoms with E-state index in [1.807, 2.05) is 4.90 Å². The van der Waals surface area contributed by atoms with Gasteiger partial charge in [-0.2, -0.15) is 14.0 Å². The van der Waals surface area contributed by atoms with E-state index < -0.39 is 40.6 Å². The van der Waals surface area contributed by atoms with Gasteiger partial charge in [0.2, 0.25) is 17.4 Å². The number of hydrogen-bond donors (Lipinski definition) is 2. The maximum absolute atomic E-state index is 15.2. The molecule has 1 atom stereocenters. The summed E-state index contributed by atoms with van der Waals surface area (Å²) in [6.45, 7) is 1.16. The van der Waals surface area contributed by atoms with Crippen LogP contribution < -0.4 is 14.5 Å². The van der Waals surface area contributed by atoms with Crippen LogP contribution in [0.4, 0.5) is 33.5 Å². The highest BCUT2D eigenvalue weighted by Crippen LogP contribution is 2.36. The van der Waals surface area contributed by atoms with Crippen LogP contribution in [0.25, 0.3) is 0 Å². The number of anilines is 2. The predicted molar refractivity (Wildman–Crippen MR) is 116 cm³/mol. The van der Waals surface area contributed by atoms with Gasteiger partial charge in [0.25, 0.3) is 0 Å². The molecule has 0 bridgehead atoms. The Hall–Kier alpha value is -4.27. The standard InChI is InChI=1S/C23H17F5N6O/c24-15-7-13(35-21-19(27)16(25)8-17(26)20(21)28)1-2-18(15)34-11-33(12-4-6-32(9-12)10-29)23-14(22(34)30)3-5-31-23/h1-3,5,7-8,12,30-31H,4,6,9,11H2/t12-/m1/s1. The van der Waals surface area contributed by atoms with Gasteiger partial charge >= 0.3 is 0 Å². The van der Waals surface area contributed by atoms with Crippen LogP contribution in [0, 0.1) is 46.0 Å². The molecule has 2 aliphatic heterocycles. The SMILES string of the molecule is N#CN1CC[C@@H](N2CN(c3ccc(Oc4c(F)c(F)cc(F)c4F)cc3F)C(=N)c3cc[nH]c32)C1. The van der Waals surface area contributed by atoms with Crippen LogP contribution >= 0.6 is 0 Å². The number of halogens is 5. The summed E-state index contributed by atoms with van der Waals surface area (Å²) in [6, 6.07) is 4.92. The van der Waals surface area contributed by atoms with E-state index in [-0.39, 0.29) is 30.3 Å². The lowest BCUT2D eigenvalue weighted by molar-refractivity contribution is 0.365. The zero-order chi connectivity index (χ0) is 24.9. The van der Waals surface area contributed by atoms with E-state index in [0.29, 0.717) is 30.9 Å². The second kappa shape index (κ2) is 8.50. The largest absolute Gasteiger partial charge is 0.451 e. The highest BCUT2D eigenvalue weighted by atomic mass is 19.2. The van der Waals surface area contributed by atoms with Crippen LogP contribution in [0.5, 0.6) is 11.5 Å². The molecule has 0 spiro atoms. The molecule has 7 nitrogen and oxygen atoms in total. The minimum absolute atomic E-state index is 0.0132. The number of aromatic amines is 1. The van der Waals surface area contributed by atoms with E-state index in [0.717, 1.165) is 6.07 Å². The first-order valence-corrected chi connectivity index (χ1v) is 10.5. The van der Waals surface area contributed by atoms with E-state index in [9.17, 15) is 22.8 Å². The lowest BCUT2D eigenvalue weighted by Crippen LogP contribution is -2.51. The number of H-pyrrole nitrogens is 1. The maximum Gasteiger partial charge on any atom is 0.204 e. The second-order valence-corrected chi connectivity index (χ2v) is 8.13. The molecule has 1 aromatic heterocycles. The number of nitrogens with zero attached hydrogens (tertiary/aromatic N) is 4. The Balaban J connectivity index is 1.45. The van der Waals surface area contributed by atoms with Crippen LogP contribution in [0.3, 0.4) is 0 Å². The molecule has 3 aromatic rings. The summed E-state index contributed by atoms with van der Waals surface area (Å²) in [5.41, 5.74) is 0.520. The van der Waals surface area contributed by atoms with Crippen LogP contribution in [0.2, 0.25) is 0 Å². The lowest BCUT2D eigenvalue weighted by atomic mass is 10.1. The average Bonchev–Trinajstić information content (AvgIpc) is 3.52. The fourth-order valence-electron chi connectivity index (χ4n) is 4.34. The summed E-state index contributed by atoms with van der Waals surface area (Å²) >= 11 is 0. The molecule has 0 saturated carbocycles. The highest BCUT2D eigenvalue weighted by molar-refractivity contribution is 6.13. The fourth-order valence-corrected chi connectivity index (χ4v) is 4.34. The van der Waals surface area contributed by atoms with Gasteiger partial charge in [0.05, 0.1) is 24.0 Å². The summed E-state index contributed by atoms with van der Waals surface area (Å²) < 4.78 is 74.9. The number of rotatable bonds is 4. The van der Waals surface area contributed by atoms with Gasteiger partial charge in [-0.3, -0.25) is 5.41 Å². The Morgan fingerprint density at radius 3 is 2.43 bits per heavy atom. The molecule has 3 heterocycles. The quantitative estimate of drug-likeness (QED) is 0.317. The first-order valence-electron chi connectivity index (χ1n) is 10.5. The zero-order valence-electron chi connectivity index (χ0n) is 18.0. The Bertz CT molecular complexity index is 1340. The van der Waals surface area contributed by atoms with Crippen LogP contribution in [0.15, 0.2) is 36.5 Å². The lowest BCUT2D eigenvalue weighted by Gasteiger charge is -2.41. The van der Waals surface area contributed by atoms with Gasteiger partial charge in [-0.15, -0.1) is 0 Å². The fraction of sp³-hybridized carbons (Fsp3) is 0.217. The number of amidine groups is 1. The van der Waals surface area contributed by atoms with Gasteiger partial charge in [0.1, 0.15) is 17.4 Å². The monoisotopic (exact) mass is 488 g/mol. The number of likely N-dealkylation sites (tertiary alicyclic amines) is 1. The van der Waals surface area contributed by atoms with Crippen molar-refractivity contribution in [3.8, 4) is 17.7 Å². The van der Waals surface area contributed by atoms with Crippen molar-refractivity contribution in [2.24, 2.45) is 0 Å². The summed E-state index contributed by atoms with van der Waals surface area (Å²) in [5.74, 6) is -8.68. The van der Waals surface area contributed by atoms with E-state index >= 15 is 4.39 Å². The third-order valence-electron chi connectivity index (χ3n) is 6.08. The molecule has 5 rings (SSSR count).